The first-order chi connectivity index (χ1) is 8.74. The van der Waals surface area contributed by atoms with E-state index in [9.17, 15) is 0 Å². The van der Waals surface area contributed by atoms with Gasteiger partial charge in [0.25, 0.3) is 0 Å². The summed E-state index contributed by atoms with van der Waals surface area (Å²) in [6.45, 7) is 9.01. The van der Waals surface area contributed by atoms with Crippen LogP contribution >= 0.6 is 0 Å². The van der Waals surface area contributed by atoms with Crippen LogP contribution in [0.5, 0.6) is 0 Å². The van der Waals surface area contributed by atoms with E-state index in [1.165, 1.54) is 19.2 Å². The molecule has 18 heavy (non-hydrogen) atoms. The highest BCUT2D eigenvalue weighted by Gasteiger charge is 2.18. The van der Waals surface area contributed by atoms with Crippen molar-refractivity contribution in [2.24, 2.45) is 5.92 Å². The van der Waals surface area contributed by atoms with Gasteiger partial charge in [-0.2, -0.15) is 4.98 Å². The zero-order valence-electron chi connectivity index (χ0n) is 11.4. The Bertz CT molecular complexity index is 326. The third-order valence-electron chi connectivity index (χ3n) is 3.37. The predicted octanol–water partition coefficient (Wildman–Crippen LogP) is 1.32. The molecular weight excluding hydrogens is 228 g/mol. The molecule has 2 heterocycles. The average molecular weight is 252 g/mol. The van der Waals surface area contributed by atoms with Crippen molar-refractivity contribution in [3.63, 3.8) is 0 Å². The maximum Gasteiger partial charge on any atom is 0.227 e. The fourth-order valence-corrected chi connectivity index (χ4v) is 2.57. The predicted molar refractivity (Wildman–Crippen MR) is 70.3 cm³/mol. The lowest BCUT2D eigenvalue weighted by molar-refractivity contribution is 0.247. The van der Waals surface area contributed by atoms with Crippen molar-refractivity contribution in [1.29, 1.82) is 0 Å². The number of hydrogen-bond donors (Lipinski definition) is 1. The Labute approximate surface area is 109 Å². The lowest BCUT2D eigenvalue weighted by Crippen LogP contribution is -2.39. The van der Waals surface area contributed by atoms with Gasteiger partial charge in [-0.1, -0.05) is 19.0 Å². The van der Waals surface area contributed by atoms with E-state index in [0.717, 1.165) is 44.4 Å². The topological polar surface area (TPSA) is 54.2 Å². The highest BCUT2D eigenvalue weighted by Crippen LogP contribution is 2.10. The summed E-state index contributed by atoms with van der Waals surface area (Å²) in [4.78, 5) is 6.58. The molecule has 1 aromatic rings. The van der Waals surface area contributed by atoms with E-state index in [2.05, 4.69) is 34.2 Å². The minimum absolute atomic E-state index is 0.621. The van der Waals surface area contributed by atoms with E-state index in [1.807, 2.05) is 0 Å². The van der Waals surface area contributed by atoms with Gasteiger partial charge in [-0.25, -0.2) is 0 Å². The van der Waals surface area contributed by atoms with Gasteiger partial charge in [0.15, 0.2) is 6.33 Å². The third kappa shape index (κ3) is 4.38. The first-order valence-corrected chi connectivity index (χ1v) is 6.95. The summed E-state index contributed by atoms with van der Waals surface area (Å²) in [5.41, 5.74) is 0. The second kappa shape index (κ2) is 6.85. The number of rotatable bonds is 5. The van der Waals surface area contributed by atoms with Gasteiger partial charge >= 0.3 is 0 Å². The lowest BCUT2D eigenvalue weighted by atomic mass is 10.0. The van der Waals surface area contributed by atoms with E-state index < -0.39 is 0 Å². The van der Waals surface area contributed by atoms with Crippen LogP contribution in [-0.4, -0.2) is 47.3 Å². The molecule has 0 radical (unpaired) electrons. The molecule has 0 aliphatic carbocycles. The average Bonchev–Trinajstić information content (AvgIpc) is 2.74. The summed E-state index contributed by atoms with van der Waals surface area (Å²) < 4.78 is 5.04. The largest absolute Gasteiger partial charge is 0.340 e. The molecule has 1 aromatic heterocycles. The fourth-order valence-electron chi connectivity index (χ4n) is 2.57. The van der Waals surface area contributed by atoms with E-state index in [-0.39, 0.29) is 0 Å². The minimum atomic E-state index is 0.621. The molecule has 2 rings (SSSR count). The molecular formula is C13H24N4O. The van der Waals surface area contributed by atoms with E-state index >= 15 is 0 Å². The maximum absolute atomic E-state index is 5.04. The summed E-state index contributed by atoms with van der Waals surface area (Å²) in [6, 6.07) is 0.621. The molecule has 0 saturated carbocycles. The Kier molecular flexibility index (Phi) is 5.13. The van der Waals surface area contributed by atoms with Gasteiger partial charge in [0.1, 0.15) is 0 Å². The van der Waals surface area contributed by atoms with Crippen molar-refractivity contribution in [2.45, 2.75) is 39.2 Å². The van der Waals surface area contributed by atoms with Crippen LogP contribution in [0.3, 0.4) is 0 Å². The van der Waals surface area contributed by atoms with E-state index in [1.54, 1.807) is 0 Å². The van der Waals surface area contributed by atoms with Gasteiger partial charge in [-0.05, 0) is 31.8 Å². The Morgan fingerprint density at radius 1 is 1.56 bits per heavy atom. The van der Waals surface area contributed by atoms with Crippen molar-refractivity contribution < 1.29 is 4.52 Å². The van der Waals surface area contributed by atoms with Crippen LogP contribution in [0.4, 0.5) is 0 Å². The summed E-state index contributed by atoms with van der Waals surface area (Å²) in [5, 5.41) is 7.28. The normalized spacial score (nSPS) is 22.3. The number of nitrogens with one attached hydrogen (secondary N) is 1. The fraction of sp³-hybridized carbons (Fsp3) is 0.846. The van der Waals surface area contributed by atoms with Crippen LogP contribution in [0.2, 0.25) is 0 Å². The molecule has 0 amide bonds. The van der Waals surface area contributed by atoms with Crippen LogP contribution in [0, 0.1) is 5.92 Å². The molecule has 1 aliphatic heterocycles. The van der Waals surface area contributed by atoms with Gasteiger partial charge in [-0.15, -0.1) is 0 Å². The van der Waals surface area contributed by atoms with Gasteiger partial charge in [0.05, 0.1) is 0 Å². The second-order valence-electron chi connectivity index (χ2n) is 5.52. The molecule has 5 nitrogen and oxygen atoms in total. The molecule has 5 heteroatoms. The van der Waals surface area contributed by atoms with Crippen molar-refractivity contribution >= 4 is 0 Å². The molecule has 1 atom stereocenters. The Morgan fingerprint density at radius 3 is 3.17 bits per heavy atom. The highest BCUT2D eigenvalue weighted by molar-refractivity contribution is 4.81. The second-order valence-corrected chi connectivity index (χ2v) is 5.52. The molecule has 0 bridgehead atoms. The van der Waals surface area contributed by atoms with Crippen LogP contribution < -0.4 is 5.32 Å². The first kappa shape index (κ1) is 13.5. The Hall–Kier alpha value is -0.940. The summed E-state index contributed by atoms with van der Waals surface area (Å²) in [6.07, 6.45) is 4.80. The maximum atomic E-state index is 5.04. The highest BCUT2D eigenvalue weighted by atomic mass is 16.5. The van der Waals surface area contributed by atoms with Crippen molar-refractivity contribution in [3.05, 3.63) is 12.2 Å². The molecule has 1 N–H and O–H groups in total. The molecule has 102 valence electrons. The number of aromatic nitrogens is 2. The molecule has 1 saturated heterocycles. The van der Waals surface area contributed by atoms with Gasteiger partial charge in [0, 0.05) is 25.6 Å². The molecule has 1 aliphatic rings. The van der Waals surface area contributed by atoms with E-state index in [0.29, 0.717) is 6.04 Å². The quantitative estimate of drug-likeness (QED) is 0.856. The monoisotopic (exact) mass is 252 g/mol. The summed E-state index contributed by atoms with van der Waals surface area (Å²) in [7, 11) is 0. The van der Waals surface area contributed by atoms with Crippen molar-refractivity contribution in [2.75, 3.05) is 26.2 Å². The van der Waals surface area contributed by atoms with Crippen LogP contribution in [0.1, 0.15) is 32.6 Å². The van der Waals surface area contributed by atoms with Crippen LogP contribution in [0.25, 0.3) is 0 Å². The summed E-state index contributed by atoms with van der Waals surface area (Å²) >= 11 is 0. The standard InChI is InChI=1S/C13H24N4O/c1-11(2)8-12-9-17(6-3-5-14-12)7-4-13-15-10-16-18-13/h10-12,14H,3-9H2,1-2H3. The van der Waals surface area contributed by atoms with Gasteiger partial charge < -0.3 is 14.7 Å². The van der Waals surface area contributed by atoms with Crippen molar-refractivity contribution in [1.82, 2.24) is 20.4 Å². The molecule has 1 unspecified atom stereocenters. The number of nitrogens with zero attached hydrogens (tertiary/aromatic N) is 3. The smallest absolute Gasteiger partial charge is 0.227 e. The zero-order chi connectivity index (χ0) is 12.8. The minimum Gasteiger partial charge on any atom is -0.340 e. The number of hydrogen-bond acceptors (Lipinski definition) is 5. The SMILES string of the molecule is CC(C)CC1CN(CCc2ncno2)CCCN1. The first-order valence-electron chi connectivity index (χ1n) is 6.95. The van der Waals surface area contributed by atoms with Crippen LogP contribution in [-0.2, 0) is 6.42 Å². The molecule has 0 spiro atoms. The zero-order valence-corrected chi connectivity index (χ0v) is 11.4. The molecule has 0 aromatic carbocycles. The van der Waals surface area contributed by atoms with E-state index in [4.69, 9.17) is 4.52 Å². The summed E-state index contributed by atoms with van der Waals surface area (Å²) in [5.74, 6) is 1.49. The third-order valence-corrected chi connectivity index (χ3v) is 3.37. The van der Waals surface area contributed by atoms with Gasteiger partial charge in [0.2, 0.25) is 5.89 Å². The van der Waals surface area contributed by atoms with Crippen molar-refractivity contribution in [3.8, 4) is 0 Å². The molecule has 1 fully saturated rings. The van der Waals surface area contributed by atoms with Gasteiger partial charge in [-0.3, -0.25) is 0 Å². The lowest BCUT2D eigenvalue weighted by Gasteiger charge is -2.24. The Balaban J connectivity index is 1.79. The Morgan fingerprint density at radius 2 is 2.44 bits per heavy atom. The van der Waals surface area contributed by atoms with Crippen LogP contribution in [0.15, 0.2) is 10.9 Å².